The summed E-state index contributed by atoms with van der Waals surface area (Å²) in [6, 6.07) is 5.43. The van der Waals surface area contributed by atoms with Gasteiger partial charge in [-0.1, -0.05) is 43.7 Å². The first-order chi connectivity index (χ1) is 9.19. The molecule has 1 aromatic carbocycles. The summed E-state index contributed by atoms with van der Waals surface area (Å²) in [6.45, 7) is 7.77. The Hall–Kier alpha value is -1.63. The van der Waals surface area contributed by atoms with Crippen molar-refractivity contribution in [2.24, 2.45) is 0 Å². The highest BCUT2D eigenvalue weighted by Crippen LogP contribution is 2.20. The second-order valence-electron chi connectivity index (χ2n) is 4.72. The third-order valence-electron chi connectivity index (χ3n) is 3.06. The van der Waals surface area contributed by atoms with Gasteiger partial charge in [-0.2, -0.15) is 0 Å². The van der Waals surface area contributed by atoms with Crippen molar-refractivity contribution in [3.05, 3.63) is 66.0 Å². The highest BCUT2D eigenvalue weighted by Gasteiger charge is 2.04. The van der Waals surface area contributed by atoms with Crippen LogP contribution in [0.5, 0.6) is 0 Å². The first kappa shape index (κ1) is 15.4. The minimum atomic E-state index is -0.147. The maximum absolute atomic E-state index is 13.8. The molecular weight excluding hydrogens is 235 g/mol. The Kier molecular flexibility index (Phi) is 6.88. The average Bonchev–Trinajstić information content (AvgIpc) is 2.42. The van der Waals surface area contributed by atoms with Crippen LogP contribution in [-0.2, 0) is 6.42 Å². The molecule has 0 aliphatic carbocycles. The molecule has 0 nitrogen and oxygen atoms in total. The third kappa shape index (κ3) is 5.25. The number of aryl methyl sites for hydroxylation is 1. The number of hydrogen-bond acceptors (Lipinski definition) is 0. The summed E-state index contributed by atoms with van der Waals surface area (Å²) < 4.78 is 13.8. The van der Waals surface area contributed by atoms with Crippen molar-refractivity contribution in [1.29, 1.82) is 0 Å². The monoisotopic (exact) mass is 258 g/mol. The third-order valence-corrected chi connectivity index (χ3v) is 3.06. The Morgan fingerprint density at radius 1 is 1.37 bits per heavy atom. The first-order valence-corrected chi connectivity index (χ1v) is 6.92. The van der Waals surface area contributed by atoms with Crippen LogP contribution in [0.2, 0.25) is 0 Å². The first-order valence-electron chi connectivity index (χ1n) is 6.92. The zero-order valence-electron chi connectivity index (χ0n) is 12.0. The predicted octanol–water partition coefficient (Wildman–Crippen LogP) is 5.70. The molecule has 1 rings (SSSR count). The van der Waals surface area contributed by atoms with Crippen molar-refractivity contribution in [3.63, 3.8) is 0 Å². The molecule has 0 amide bonds. The number of allylic oxidation sites excluding steroid dienone is 5. The number of benzene rings is 1. The van der Waals surface area contributed by atoms with Crippen molar-refractivity contribution in [2.45, 2.75) is 39.5 Å². The fourth-order valence-electron chi connectivity index (χ4n) is 1.89. The quantitative estimate of drug-likeness (QED) is 0.434. The lowest BCUT2D eigenvalue weighted by Crippen LogP contribution is -1.92. The molecule has 0 unspecified atom stereocenters. The zero-order valence-corrected chi connectivity index (χ0v) is 12.0. The van der Waals surface area contributed by atoms with Crippen molar-refractivity contribution in [1.82, 2.24) is 0 Å². The average molecular weight is 258 g/mol. The van der Waals surface area contributed by atoms with Gasteiger partial charge in [0.25, 0.3) is 0 Å². The highest BCUT2D eigenvalue weighted by molar-refractivity contribution is 5.66. The number of halogens is 1. The molecule has 0 radical (unpaired) electrons. The molecule has 0 N–H and O–H groups in total. The van der Waals surface area contributed by atoms with Crippen molar-refractivity contribution >= 4 is 5.57 Å². The summed E-state index contributed by atoms with van der Waals surface area (Å²) in [5.41, 5.74) is 2.87. The number of hydrogen-bond donors (Lipinski definition) is 0. The Labute approximate surface area is 116 Å². The van der Waals surface area contributed by atoms with Gasteiger partial charge in [0.2, 0.25) is 0 Å². The molecule has 0 fully saturated rings. The van der Waals surface area contributed by atoms with Crippen LogP contribution in [-0.4, -0.2) is 0 Å². The summed E-state index contributed by atoms with van der Waals surface area (Å²) in [5.74, 6) is -0.147. The molecule has 0 aromatic heterocycles. The van der Waals surface area contributed by atoms with Crippen LogP contribution in [0.1, 0.15) is 44.2 Å². The highest BCUT2D eigenvalue weighted by atomic mass is 19.1. The second-order valence-corrected chi connectivity index (χ2v) is 4.72. The summed E-state index contributed by atoms with van der Waals surface area (Å²) in [6.07, 6.45) is 11.9. The maximum atomic E-state index is 13.8. The molecule has 0 heterocycles. The molecule has 0 spiro atoms. The minimum Gasteiger partial charge on any atom is -0.206 e. The molecule has 0 saturated heterocycles. The van der Waals surface area contributed by atoms with Crippen molar-refractivity contribution in [2.75, 3.05) is 0 Å². The largest absolute Gasteiger partial charge is 0.206 e. The molecule has 0 saturated carbocycles. The van der Waals surface area contributed by atoms with Crippen LogP contribution in [0.15, 0.2) is 49.1 Å². The Bertz CT molecular complexity index is 467. The van der Waals surface area contributed by atoms with Crippen LogP contribution in [0, 0.1) is 5.82 Å². The Balaban J connectivity index is 2.88. The van der Waals surface area contributed by atoms with E-state index < -0.39 is 0 Å². The van der Waals surface area contributed by atoms with Gasteiger partial charge in [-0.05, 0) is 49.5 Å². The van der Waals surface area contributed by atoms with Crippen LogP contribution >= 0.6 is 0 Å². The lowest BCUT2D eigenvalue weighted by atomic mass is 10.0. The minimum absolute atomic E-state index is 0.147. The lowest BCUT2D eigenvalue weighted by molar-refractivity contribution is 0.622. The Morgan fingerprint density at radius 3 is 2.84 bits per heavy atom. The van der Waals surface area contributed by atoms with E-state index in [1.165, 1.54) is 5.56 Å². The molecule has 1 aromatic rings. The van der Waals surface area contributed by atoms with E-state index in [0.717, 1.165) is 31.3 Å². The lowest BCUT2D eigenvalue weighted by Gasteiger charge is -2.07. The molecule has 0 bridgehead atoms. The fraction of sp³-hybridized carbons (Fsp3) is 0.333. The van der Waals surface area contributed by atoms with E-state index in [1.807, 2.05) is 43.4 Å². The molecule has 0 atom stereocenters. The molecule has 1 heteroatoms. The van der Waals surface area contributed by atoms with Gasteiger partial charge in [-0.15, -0.1) is 6.58 Å². The Morgan fingerprint density at radius 2 is 2.16 bits per heavy atom. The van der Waals surface area contributed by atoms with Crippen LogP contribution in [0.4, 0.5) is 4.39 Å². The summed E-state index contributed by atoms with van der Waals surface area (Å²) in [7, 11) is 0. The molecule has 0 aliphatic rings. The van der Waals surface area contributed by atoms with Crippen LogP contribution in [0.3, 0.4) is 0 Å². The van der Waals surface area contributed by atoms with E-state index in [-0.39, 0.29) is 5.82 Å². The van der Waals surface area contributed by atoms with Crippen LogP contribution < -0.4 is 0 Å². The van der Waals surface area contributed by atoms with Gasteiger partial charge in [-0.25, -0.2) is 4.39 Å². The van der Waals surface area contributed by atoms with Crippen LogP contribution in [0.25, 0.3) is 5.57 Å². The topological polar surface area (TPSA) is 0 Å². The molecule has 102 valence electrons. The number of rotatable bonds is 7. The standard InChI is InChI=1S/C18H23F/c1-4-6-8-9-10-15(3)17-14-16(11-7-5-2)12-13-18(17)19/h4,8-10,12-14H,1,5-7,11H2,2-3H3/b9-8-,15-10+. The van der Waals surface area contributed by atoms with E-state index in [0.29, 0.717) is 5.56 Å². The van der Waals surface area contributed by atoms with Gasteiger partial charge in [0, 0.05) is 5.56 Å². The molecular formula is C18H23F. The van der Waals surface area contributed by atoms with Gasteiger partial charge in [-0.3, -0.25) is 0 Å². The van der Waals surface area contributed by atoms with Gasteiger partial charge in [0.05, 0.1) is 0 Å². The van der Waals surface area contributed by atoms with Crippen molar-refractivity contribution in [3.8, 4) is 0 Å². The predicted molar refractivity (Wildman–Crippen MR) is 82.6 cm³/mol. The summed E-state index contributed by atoms with van der Waals surface area (Å²) in [4.78, 5) is 0. The maximum Gasteiger partial charge on any atom is 0.130 e. The molecule has 0 aliphatic heterocycles. The van der Waals surface area contributed by atoms with E-state index in [2.05, 4.69) is 13.5 Å². The smallest absolute Gasteiger partial charge is 0.130 e. The normalized spacial score (nSPS) is 12.1. The summed E-state index contributed by atoms with van der Waals surface area (Å²) in [5, 5.41) is 0. The fourth-order valence-corrected chi connectivity index (χ4v) is 1.89. The molecule has 19 heavy (non-hydrogen) atoms. The van der Waals surface area contributed by atoms with E-state index >= 15 is 0 Å². The summed E-state index contributed by atoms with van der Waals surface area (Å²) >= 11 is 0. The van der Waals surface area contributed by atoms with Crippen molar-refractivity contribution < 1.29 is 4.39 Å². The van der Waals surface area contributed by atoms with E-state index in [4.69, 9.17) is 0 Å². The number of unbranched alkanes of at least 4 members (excludes halogenated alkanes) is 1. The van der Waals surface area contributed by atoms with Gasteiger partial charge >= 0.3 is 0 Å². The van der Waals surface area contributed by atoms with E-state index in [1.54, 1.807) is 6.07 Å². The van der Waals surface area contributed by atoms with E-state index in [9.17, 15) is 4.39 Å². The SMILES string of the molecule is C=CC/C=C\C=C(/C)c1cc(CCCC)ccc1F. The van der Waals surface area contributed by atoms with Gasteiger partial charge in [0.1, 0.15) is 5.82 Å². The second kappa shape index (κ2) is 8.47. The van der Waals surface area contributed by atoms with Gasteiger partial charge < -0.3 is 0 Å². The van der Waals surface area contributed by atoms with Gasteiger partial charge in [0.15, 0.2) is 0 Å². The zero-order chi connectivity index (χ0) is 14.1.